The van der Waals surface area contributed by atoms with Crippen LogP contribution in [-0.2, 0) is 0 Å². The minimum atomic E-state index is 1.17. The monoisotopic (exact) mass is 560 g/mol. The van der Waals surface area contributed by atoms with Crippen molar-refractivity contribution < 1.29 is 0 Å². The number of nitrogens with zero attached hydrogens (tertiary/aromatic N) is 2. The first-order valence-corrected chi connectivity index (χ1v) is 15.1. The van der Waals surface area contributed by atoms with Crippen LogP contribution in [-0.4, -0.2) is 9.13 Å². The number of benzene rings is 7. The van der Waals surface area contributed by atoms with Crippen LogP contribution in [0.2, 0.25) is 0 Å². The molecule has 0 unspecified atom stereocenters. The summed E-state index contributed by atoms with van der Waals surface area (Å²) in [7, 11) is 0. The number of hydrogen-bond donors (Lipinski definition) is 0. The summed E-state index contributed by atoms with van der Waals surface area (Å²) in [6.07, 6.45) is 0. The second-order valence-electron chi connectivity index (χ2n) is 11.4. The Balaban J connectivity index is 1.19. The predicted octanol–water partition coefficient (Wildman–Crippen LogP) is 11.2. The quantitative estimate of drug-likeness (QED) is 0.203. The highest BCUT2D eigenvalue weighted by Crippen LogP contribution is 2.38. The summed E-state index contributed by atoms with van der Waals surface area (Å²) in [5.41, 5.74) is 12.1. The number of rotatable bonds is 4. The minimum Gasteiger partial charge on any atom is -0.309 e. The third kappa shape index (κ3) is 3.82. The van der Waals surface area contributed by atoms with Crippen molar-refractivity contribution in [3.63, 3.8) is 0 Å². The number of fused-ring (bicyclic) bond motifs is 6. The van der Waals surface area contributed by atoms with E-state index in [1.54, 1.807) is 0 Å². The second-order valence-corrected chi connectivity index (χ2v) is 11.4. The normalized spacial score (nSPS) is 11.6. The Morgan fingerprint density at radius 2 is 0.705 bits per heavy atom. The van der Waals surface area contributed by atoms with Gasteiger partial charge in [0.25, 0.3) is 0 Å². The maximum Gasteiger partial charge on any atom is 0.0547 e. The Hall–Kier alpha value is -5.86. The molecule has 9 rings (SSSR count). The summed E-state index contributed by atoms with van der Waals surface area (Å²) in [5, 5.41) is 5.07. The summed E-state index contributed by atoms with van der Waals surface area (Å²) in [6.45, 7) is 0. The van der Waals surface area contributed by atoms with Crippen LogP contribution in [0.4, 0.5) is 0 Å². The Morgan fingerprint density at radius 1 is 0.250 bits per heavy atom. The lowest BCUT2D eigenvalue weighted by Crippen LogP contribution is -1.94. The molecule has 9 aromatic rings. The van der Waals surface area contributed by atoms with Gasteiger partial charge in [-0.15, -0.1) is 0 Å². The summed E-state index contributed by atoms with van der Waals surface area (Å²) >= 11 is 0. The van der Waals surface area contributed by atoms with Crippen molar-refractivity contribution in [1.29, 1.82) is 0 Å². The fraction of sp³-hybridized carbons (Fsp3) is 0. The summed E-state index contributed by atoms with van der Waals surface area (Å²) in [4.78, 5) is 0. The highest BCUT2D eigenvalue weighted by atomic mass is 15.0. The Bertz CT molecular complexity index is 2410. The molecule has 0 aliphatic rings. The zero-order chi connectivity index (χ0) is 29.0. The van der Waals surface area contributed by atoms with E-state index in [1.165, 1.54) is 77.2 Å². The van der Waals surface area contributed by atoms with Crippen LogP contribution in [0, 0.1) is 0 Å². The van der Waals surface area contributed by atoms with E-state index in [9.17, 15) is 0 Å². The van der Waals surface area contributed by atoms with Gasteiger partial charge in [-0.25, -0.2) is 0 Å². The summed E-state index contributed by atoms with van der Waals surface area (Å²) in [6, 6.07) is 61.4. The highest BCUT2D eigenvalue weighted by molar-refractivity contribution is 6.12. The first-order valence-electron chi connectivity index (χ1n) is 15.1. The van der Waals surface area contributed by atoms with Gasteiger partial charge in [0.1, 0.15) is 0 Å². The molecule has 0 amide bonds. The molecule has 7 aromatic carbocycles. The van der Waals surface area contributed by atoms with Crippen molar-refractivity contribution in [3.8, 4) is 33.6 Å². The van der Waals surface area contributed by atoms with Crippen LogP contribution < -0.4 is 0 Å². The van der Waals surface area contributed by atoms with E-state index >= 15 is 0 Å². The van der Waals surface area contributed by atoms with Gasteiger partial charge in [0, 0.05) is 32.9 Å². The molecular weight excluding hydrogens is 532 g/mol. The van der Waals surface area contributed by atoms with Crippen molar-refractivity contribution in [3.05, 3.63) is 170 Å². The fourth-order valence-corrected chi connectivity index (χ4v) is 6.87. The lowest BCUT2D eigenvalue weighted by molar-refractivity contribution is 1.18. The van der Waals surface area contributed by atoms with Crippen molar-refractivity contribution in [2.45, 2.75) is 0 Å². The largest absolute Gasteiger partial charge is 0.309 e. The average Bonchev–Trinajstić information content (AvgIpc) is 3.61. The molecule has 44 heavy (non-hydrogen) atoms. The molecule has 0 atom stereocenters. The Labute approximate surface area is 255 Å². The first-order chi connectivity index (χ1) is 21.8. The molecule has 0 saturated carbocycles. The lowest BCUT2D eigenvalue weighted by atomic mass is 10.0. The fourth-order valence-electron chi connectivity index (χ4n) is 6.87. The molecule has 2 heteroatoms. The van der Waals surface area contributed by atoms with Gasteiger partial charge in [-0.05, 0) is 76.9 Å². The molecule has 0 aliphatic heterocycles. The Morgan fingerprint density at radius 3 is 1.41 bits per heavy atom. The molecule has 0 saturated heterocycles. The molecule has 2 nitrogen and oxygen atoms in total. The standard InChI is InChI=1S/C42H28N2/c1-3-11-29(12-4-1)32-21-25-37-38-27-31(22-26-41(38)44(42(37)28-32)33-13-5-2-6-14-33)30-19-23-34(24-20-30)43-39-17-9-7-15-35(39)36-16-8-10-18-40(36)43/h1-28H. The maximum atomic E-state index is 2.40. The minimum absolute atomic E-state index is 1.17. The zero-order valence-corrected chi connectivity index (χ0v) is 24.1. The molecule has 206 valence electrons. The van der Waals surface area contributed by atoms with E-state index in [4.69, 9.17) is 0 Å². The van der Waals surface area contributed by atoms with E-state index in [-0.39, 0.29) is 0 Å². The number of hydrogen-bond acceptors (Lipinski definition) is 0. The van der Waals surface area contributed by atoms with Crippen molar-refractivity contribution in [1.82, 2.24) is 9.13 Å². The average molecular weight is 561 g/mol. The molecule has 0 bridgehead atoms. The van der Waals surface area contributed by atoms with Crippen molar-refractivity contribution in [2.75, 3.05) is 0 Å². The van der Waals surface area contributed by atoms with E-state index in [0.717, 1.165) is 0 Å². The third-order valence-electron chi connectivity index (χ3n) is 8.93. The van der Waals surface area contributed by atoms with Crippen molar-refractivity contribution >= 4 is 43.6 Å². The number of para-hydroxylation sites is 3. The smallest absolute Gasteiger partial charge is 0.0547 e. The summed E-state index contributed by atoms with van der Waals surface area (Å²) < 4.78 is 4.77. The number of aromatic nitrogens is 2. The maximum absolute atomic E-state index is 2.40. The summed E-state index contributed by atoms with van der Waals surface area (Å²) in [5.74, 6) is 0. The van der Waals surface area contributed by atoms with Crippen LogP contribution in [0.15, 0.2) is 170 Å². The van der Waals surface area contributed by atoms with Crippen LogP contribution >= 0.6 is 0 Å². The zero-order valence-electron chi connectivity index (χ0n) is 24.1. The van der Waals surface area contributed by atoms with E-state index in [2.05, 4.69) is 179 Å². The molecule has 0 N–H and O–H groups in total. The third-order valence-corrected chi connectivity index (χ3v) is 8.93. The van der Waals surface area contributed by atoms with Crippen molar-refractivity contribution in [2.24, 2.45) is 0 Å². The molecule has 2 aromatic heterocycles. The van der Waals surface area contributed by atoms with Gasteiger partial charge in [0.15, 0.2) is 0 Å². The molecule has 0 radical (unpaired) electrons. The molecule has 0 spiro atoms. The van der Waals surface area contributed by atoms with Gasteiger partial charge < -0.3 is 9.13 Å². The van der Waals surface area contributed by atoms with Gasteiger partial charge in [-0.2, -0.15) is 0 Å². The van der Waals surface area contributed by atoms with Gasteiger partial charge in [-0.1, -0.05) is 115 Å². The van der Waals surface area contributed by atoms with Gasteiger partial charge >= 0.3 is 0 Å². The first kappa shape index (κ1) is 24.7. The van der Waals surface area contributed by atoms with Crippen LogP contribution in [0.3, 0.4) is 0 Å². The van der Waals surface area contributed by atoms with Crippen LogP contribution in [0.5, 0.6) is 0 Å². The van der Waals surface area contributed by atoms with Gasteiger partial charge in [0.05, 0.1) is 22.1 Å². The predicted molar refractivity (Wildman–Crippen MR) is 186 cm³/mol. The van der Waals surface area contributed by atoms with E-state index in [0.29, 0.717) is 0 Å². The van der Waals surface area contributed by atoms with E-state index in [1.807, 2.05) is 0 Å². The van der Waals surface area contributed by atoms with Gasteiger partial charge in [-0.3, -0.25) is 0 Å². The SMILES string of the molecule is c1ccc(-c2ccc3c4cc(-c5ccc(-n6c7ccccc7c7ccccc76)cc5)ccc4n(-c4ccccc4)c3c2)cc1. The highest BCUT2D eigenvalue weighted by Gasteiger charge is 2.15. The molecule has 2 heterocycles. The van der Waals surface area contributed by atoms with E-state index < -0.39 is 0 Å². The van der Waals surface area contributed by atoms with Gasteiger partial charge in [0.2, 0.25) is 0 Å². The van der Waals surface area contributed by atoms with Crippen LogP contribution in [0.1, 0.15) is 0 Å². The topological polar surface area (TPSA) is 9.86 Å². The second kappa shape index (κ2) is 9.86. The lowest BCUT2D eigenvalue weighted by Gasteiger charge is -2.10. The molecule has 0 fully saturated rings. The van der Waals surface area contributed by atoms with Crippen LogP contribution in [0.25, 0.3) is 77.2 Å². The Kier molecular flexibility index (Phi) is 5.54. The molecular formula is C42H28N2. The molecule has 0 aliphatic carbocycles.